The van der Waals surface area contributed by atoms with Crippen LogP contribution in [-0.4, -0.2) is 21.9 Å². The molecule has 102 valence electrons. The van der Waals surface area contributed by atoms with Gasteiger partial charge >= 0.3 is 0 Å². The standard InChI is InChI=1S/C14H19N3OS/c1-3-5-13-15-16-14(19)17(13)9-8-11-6-4-7-12(10-11)18-2/h4,6-7,10H,3,5,8-9H2,1-2H3,(H,16,19). The molecule has 1 N–H and O–H groups in total. The number of aromatic nitrogens is 3. The van der Waals surface area contributed by atoms with Crippen LogP contribution in [0.5, 0.6) is 5.75 Å². The van der Waals surface area contributed by atoms with Crippen molar-refractivity contribution in [3.05, 3.63) is 40.4 Å². The Labute approximate surface area is 118 Å². The van der Waals surface area contributed by atoms with Crippen LogP contribution in [-0.2, 0) is 19.4 Å². The predicted octanol–water partition coefficient (Wildman–Crippen LogP) is 3.14. The molecule has 0 unspecified atom stereocenters. The van der Waals surface area contributed by atoms with Gasteiger partial charge in [-0.1, -0.05) is 19.1 Å². The van der Waals surface area contributed by atoms with Gasteiger partial charge in [-0.25, -0.2) is 0 Å². The van der Waals surface area contributed by atoms with Crippen LogP contribution in [0.3, 0.4) is 0 Å². The summed E-state index contributed by atoms with van der Waals surface area (Å²) in [4.78, 5) is 0. The van der Waals surface area contributed by atoms with Crippen LogP contribution in [0.25, 0.3) is 0 Å². The largest absolute Gasteiger partial charge is 0.497 e. The third kappa shape index (κ3) is 3.44. The van der Waals surface area contributed by atoms with Crippen LogP contribution in [0, 0.1) is 4.77 Å². The number of aryl methyl sites for hydroxylation is 2. The van der Waals surface area contributed by atoms with Gasteiger partial charge in [0.15, 0.2) is 4.77 Å². The Morgan fingerprint density at radius 3 is 2.95 bits per heavy atom. The van der Waals surface area contributed by atoms with Gasteiger partial charge in [0.2, 0.25) is 0 Å². The summed E-state index contributed by atoms with van der Waals surface area (Å²) in [6.07, 6.45) is 2.94. The molecular formula is C14H19N3OS. The van der Waals surface area contributed by atoms with E-state index in [1.54, 1.807) is 7.11 Å². The van der Waals surface area contributed by atoms with E-state index in [2.05, 4.69) is 33.8 Å². The Hall–Kier alpha value is -1.62. The summed E-state index contributed by atoms with van der Waals surface area (Å²) in [6.45, 7) is 2.99. The molecule has 19 heavy (non-hydrogen) atoms. The molecule has 0 saturated carbocycles. The fraction of sp³-hybridized carbons (Fsp3) is 0.429. The van der Waals surface area contributed by atoms with Gasteiger partial charge in [-0.15, -0.1) is 0 Å². The van der Waals surface area contributed by atoms with Crippen molar-refractivity contribution in [3.63, 3.8) is 0 Å². The number of nitrogens with zero attached hydrogens (tertiary/aromatic N) is 2. The van der Waals surface area contributed by atoms with Crippen LogP contribution in [0.1, 0.15) is 24.7 Å². The van der Waals surface area contributed by atoms with Gasteiger partial charge in [0.25, 0.3) is 0 Å². The van der Waals surface area contributed by atoms with Crippen LogP contribution < -0.4 is 4.74 Å². The highest BCUT2D eigenvalue weighted by molar-refractivity contribution is 7.71. The molecule has 0 fully saturated rings. The van der Waals surface area contributed by atoms with Gasteiger partial charge in [0, 0.05) is 13.0 Å². The Morgan fingerprint density at radius 2 is 2.21 bits per heavy atom. The predicted molar refractivity (Wildman–Crippen MR) is 78.1 cm³/mol. The minimum atomic E-state index is 0.700. The zero-order valence-electron chi connectivity index (χ0n) is 11.3. The lowest BCUT2D eigenvalue weighted by molar-refractivity contribution is 0.414. The average Bonchev–Trinajstić information content (AvgIpc) is 2.78. The normalized spacial score (nSPS) is 10.6. The highest BCUT2D eigenvalue weighted by atomic mass is 32.1. The van der Waals surface area contributed by atoms with E-state index in [4.69, 9.17) is 17.0 Å². The second-order valence-corrected chi connectivity index (χ2v) is 4.83. The fourth-order valence-electron chi connectivity index (χ4n) is 2.06. The maximum absolute atomic E-state index is 5.27. The summed E-state index contributed by atoms with van der Waals surface area (Å²) in [5.74, 6) is 1.93. The minimum absolute atomic E-state index is 0.700. The van der Waals surface area contributed by atoms with Gasteiger partial charge in [-0.3, -0.25) is 5.10 Å². The zero-order valence-corrected chi connectivity index (χ0v) is 12.2. The highest BCUT2D eigenvalue weighted by Gasteiger charge is 2.05. The number of ether oxygens (including phenoxy) is 1. The SMILES string of the molecule is CCCc1n[nH]c(=S)n1CCc1cccc(OC)c1. The number of aromatic amines is 1. The first-order valence-corrected chi connectivity index (χ1v) is 6.92. The smallest absolute Gasteiger partial charge is 0.195 e. The first-order valence-electron chi connectivity index (χ1n) is 6.51. The highest BCUT2D eigenvalue weighted by Crippen LogP contribution is 2.14. The van der Waals surface area contributed by atoms with Gasteiger partial charge in [-0.05, 0) is 42.8 Å². The average molecular weight is 277 g/mol. The molecular weight excluding hydrogens is 258 g/mol. The van der Waals surface area contributed by atoms with Gasteiger partial charge in [-0.2, -0.15) is 5.10 Å². The molecule has 1 heterocycles. The fourth-order valence-corrected chi connectivity index (χ4v) is 2.31. The van der Waals surface area contributed by atoms with Crippen molar-refractivity contribution in [2.45, 2.75) is 32.7 Å². The Bertz CT molecular complexity index is 588. The first kappa shape index (κ1) is 13.8. The number of hydrogen-bond donors (Lipinski definition) is 1. The third-order valence-corrected chi connectivity index (χ3v) is 3.38. The van der Waals surface area contributed by atoms with Crippen molar-refractivity contribution < 1.29 is 4.74 Å². The molecule has 0 aliphatic rings. The maximum atomic E-state index is 5.27. The first-order chi connectivity index (χ1) is 9.24. The molecule has 5 heteroatoms. The van der Waals surface area contributed by atoms with Crippen LogP contribution in [0.2, 0.25) is 0 Å². The van der Waals surface area contributed by atoms with Gasteiger partial charge in [0.05, 0.1) is 7.11 Å². The maximum Gasteiger partial charge on any atom is 0.195 e. The van der Waals surface area contributed by atoms with Gasteiger partial charge < -0.3 is 9.30 Å². The van der Waals surface area contributed by atoms with Crippen molar-refractivity contribution in [2.24, 2.45) is 0 Å². The third-order valence-electron chi connectivity index (χ3n) is 3.07. The monoisotopic (exact) mass is 277 g/mol. The summed E-state index contributed by atoms with van der Waals surface area (Å²) in [5, 5.41) is 7.14. The van der Waals surface area contributed by atoms with E-state index in [9.17, 15) is 0 Å². The Kier molecular flexibility index (Phi) is 4.74. The van der Waals surface area contributed by atoms with E-state index in [0.29, 0.717) is 4.77 Å². The molecule has 2 aromatic rings. The van der Waals surface area contributed by atoms with E-state index in [0.717, 1.165) is 37.4 Å². The lowest BCUT2D eigenvalue weighted by Gasteiger charge is -2.07. The van der Waals surface area contributed by atoms with E-state index in [-0.39, 0.29) is 0 Å². The molecule has 4 nitrogen and oxygen atoms in total. The molecule has 0 radical (unpaired) electrons. The van der Waals surface area contributed by atoms with Gasteiger partial charge in [0.1, 0.15) is 11.6 Å². The molecule has 0 aliphatic heterocycles. The molecule has 0 spiro atoms. The minimum Gasteiger partial charge on any atom is -0.497 e. The number of hydrogen-bond acceptors (Lipinski definition) is 3. The lowest BCUT2D eigenvalue weighted by atomic mass is 10.1. The molecule has 0 aliphatic carbocycles. The van der Waals surface area contributed by atoms with Crippen LogP contribution in [0.15, 0.2) is 24.3 Å². The topological polar surface area (TPSA) is 42.8 Å². The number of benzene rings is 1. The Morgan fingerprint density at radius 1 is 1.37 bits per heavy atom. The van der Waals surface area contributed by atoms with Crippen molar-refractivity contribution >= 4 is 12.2 Å². The summed E-state index contributed by atoms with van der Waals surface area (Å²) in [6, 6.07) is 8.13. The van der Waals surface area contributed by atoms with E-state index in [1.165, 1.54) is 5.56 Å². The van der Waals surface area contributed by atoms with Crippen molar-refractivity contribution in [2.75, 3.05) is 7.11 Å². The lowest BCUT2D eigenvalue weighted by Crippen LogP contribution is -2.06. The van der Waals surface area contributed by atoms with E-state index >= 15 is 0 Å². The second-order valence-electron chi connectivity index (χ2n) is 4.45. The quantitative estimate of drug-likeness (QED) is 0.825. The molecule has 2 rings (SSSR count). The van der Waals surface area contributed by atoms with Crippen molar-refractivity contribution in [3.8, 4) is 5.75 Å². The zero-order chi connectivity index (χ0) is 13.7. The number of H-pyrrole nitrogens is 1. The van der Waals surface area contributed by atoms with Crippen molar-refractivity contribution in [1.29, 1.82) is 0 Å². The van der Waals surface area contributed by atoms with Crippen molar-refractivity contribution in [1.82, 2.24) is 14.8 Å². The summed E-state index contributed by atoms with van der Waals surface area (Å²) in [7, 11) is 1.69. The molecule has 0 atom stereocenters. The molecule has 1 aromatic carbocycles. The summed E-state index contributed by atoms with van der Waals surface area (Å²) in [5.41, 5.74) is 1.24. The van der Waals surface area contributed by atoms with E-state index < -0.39 is 0 Å². The molecule has 0 saturated heterocycles. The number of methoxy groups -OCH3 is 1. The number of rotatable bonds is 6. The molecule has 1 aromatic heterocycles. The van der Waals surface area contributed by atoms with Crippen LogP contribution in [0.4, 0.5) is 0 Å². The number of nitrogens with one attached hydrogen (secondary N) is 1. The molecule has 0 bridgehead atoms. The summed E-state index contributed by atoms with van der Waals surface area (Å²) < 4.78 is 8.01. The Balaban J connectivity index is 2.09. The summed E-state index contributed by atoms with van der Waals surface area (Å²) >= 11 is 5.27. The molecule has 0 amide bonds. The second kappa shape index (κ2) is 6.52. The van der Waals surface area contributed by atoms with Crippen LogP contribution >= 0.6 is 12.2 Å². The van der Waals surface area contributed by atoms with E-state index in [1.807, 2.05) is 12.1 Å².